The van der Waals surface area contributed by atoms with E-state index in [1.165, 1.54) is 46.8 Å². The molecule has 0 spiro atoms. The Labute approximate surface area is 180 Å². The van der Waals surface area contributed by atoms with Gasteiger partial charge in [0.1, 0.15) is 5.82 Å². The molecule has 1 N–H and O–H groups in total. The molecule has 2 aromatic rings. The Hall–Kier alpha value is -2.82. The second kappa shape index (κ2) is 9.99. The Morgan fingerprint density at radius 3 is 2.48 bits per heavy atom. The first-order valence-corrected chi connectivity index (χ1v) is 11.1. The average Bonchev–Trinajstić information content (AvgIpc) is 2.78. The first kappa shape index (κ1) is 22.9. The van der Waals surface area contributed by atoms with Crippen LogP contribution in [0.25, 0.3) is 0 Å². The number of amides is 1. The van der Waals surface area contributed by atoms with Crippen LogP contribution >= 0.6 is 0 Å². The lowest BCUT2D eigenvalue weighted by atomic mass is 10.1. The molecule has 0 radical (unpaired) electrons. The number of aryl methyl sites for hydroxylation is 1. The van der Waals surface area contributed by atoms with Crippen LogP contribution in [-0.2, 0) is 30.8 Å². The number of morpholine rings is 1. The number of ether oxygens (including phenoxy) is 2. The van der Waals surface area contributed by atoms with Crippen LogP contribution in [0.1, 0.15) is 21.5 Å². The van der Waals surface area contributed by atoms with Gasteiger partial charge in [0, 0.05) is 19.6 Å². The highest BCUT2D eigenvalue weighted by molar-refractivity contribution is 7.89. The molecule has 166 valence electrons. The molecule has 0 atom stereocenters. The van der Waals surface area contributed by atoms with E-state index in [0.29, 0.717) is 24.3 Å². The third-order valence-corrected chi connectivity index (χ3v) is 6.67. The van der Waals surface area contributed by atoms with E-state index >= 15 is 0 Å². The normalized spacial score (nSPS) is 14.8. The van der Waals surface area contributed by atoms with Crippen molar-refractivity contribution in [3.63, 3.8) is 0 Å². The molecule has 10 heteroatoms. The SMILES string of the molecule is Cc1ccc(S(=O)(=O)N2CCOCC2)cc1C(=O)OCC(=O)NCc1ccc(F)cc1. The van der Waals surface area contributed by atoms with E-state index in [0.717, 1.165) is 0 Å². The lowest BCUT2D eigenvalue weighted by Crippen LogP contribution is -2.40. The summed E-state index contributed by atoms with van der Waals surface area (Å²) in [5, 5.41) is 2.57. The van der Waals surface area contributed by atoms with Crippen molar-refractivity contribution in [3.05, 3.63) is 65.0 Å². The topological polar surface area (TPSA) is 102 Å². The van der Waals surface area contributed by atoms with Gasteiger partial charge in [0.25, 0.3) is 5.91 Å². The fourth-order valence-corrected chi connectivity index (χ4v) is 4.42. The van der Waals surface area contributed by atoms with E-state index < -0.39 is 28.5 Å². The molecule has 0 saturated carbocycles. The van der Waals surface area contributed by atoms with Crippen LogP contribution in [0.2, 0.25) is 0 Å². The van der Waals surface area contributed by atoms with Crippen molar-refractivity contribution in [1.82, 2.24) is 9.62 Å². The van der Waals surface area contributed by atoms with E-state index in [1.54, 1.807) is 6.92 Å². The maximum Gasteiger partial charge on any atom is 0.338 e. The lowest BCUT2D eigenvalue weighted by molar-refractivity contribution is -0.124. The maximum atomic E-state index is 12.9. The van der Waals surface area contributed by atoms with Gasteiger partial charge in [-0.3, -0.25) is 4.79 Å². The quantitative estimate of drug-likeness (QED) is 0.644. The molecule has 0 aromatic heterocycles. The van der Waals surface area contributed by atoms with Crippen LogP contribution in [0, 0.1) is 12.7 Å². The van der Waals surface area contributed by atoms with Crippen molar-refractivity contribution >= 4 is 21.9 Å². The van der Waals surface area contributed by atoms with Gasteiger partial charge < -0.3 is 14.8 Å². The molecule has 2 aromatic carbocycles. The third-order valence-electron chi connectivity index (χ3n) is 4.77. The summed E-state index contributed by atoms with van der Waals surface area (Å²) >= 11 is 0. The molecule has 0 aliphatic carbocycles. The van der Waals surface area contributed by atoms with Gasteiger partial charge in [0.05, 0.1) is 23.7 Å². The summed E-state index contributed by atoms with van der Waals surface area (Å²) < 4.78 is 50.1. The largest absolute Gasteiger partial charge is 0.452 e. The van der Waals surface area contributed by atoms with Gasteiger partial charge in [-0.15, -0.1) is 0 Å². The highest BCUT2D eigenvalue weighted by atomic mass is 32.2. The second-order valence-electron chi connectivity index (χ2n) is 6.97. The standard InChI is InChI=1S/C21H23FN2O6S/c1-15-2-7-18(31(27,28)24-8-10-29-11-9-24)12-19(15)21(26)30-14-20(25)23-13-16-3-5-17(22)6-4-16/h2-7,12H,8-11,13-14H2,1H3,(H,23,25). The monoisotopic (exact) mass is 450 g/mol. The molecule has 1 fully saturated rings. The van der Waals surface area contributed by atoms with E-state index in [1.807, 2.05) is 0 Å². The van der Waals surface area contributed by atoms with Crippen molar-refractivity contribution in [1.29, 1.82) is 0 Å². The predicted octanol–water partition coefficient (Wildman–Crippen LogP) is 1.63. The number of hydrogen-bond acceptors (Lipinski definition) is 6. The Kier molecular flexibility index (Phi) is 7.37. The maximum absolute atomic E-state index is 12.9. The zero-order chi connectivity index (χ0) is 22.4. The van der Waals surface area contributed by atoms with Crippen LogP contribution in [0.4, 0.5) is 4.39 Å². The molecule has 1 aliphatic rings. The molecule has 31 heavy (non-hydrogen) atoms. The number of nitrogens with one attached hydrogen (secondary N) is 1. The Balaban J connectivity index is 1.61. The lowest BCUT2D eigenvalue weighted by Gasteiger charge is -2.26. The van der Waals surface area contributed by atoms with E-state index in [4.69, 9.17) is 9.47 Å². The first-order chi connectivity index (χ1) is 14.8. The van der Waals surface area contributed by atoms with Gasteiger partial charge in [0.15, 0.2) is 6.61 Å². The van der Waals surface area contributed by atoms with Gasteiger partial charge >= 0.3 is 5.97 Å². The molecule has 1 heterocycles. The summed E-state index contributed by atoms with van der Waals surface area (Å²) in [7, 11) is -3.77. The smallest absolute Gasteiger partial charge is 0.338 e. The van der Waals surface area contributed by atoms with Crippen molar-refractivity contribution in [2.75, 3.05) is 32.9 Å². The number of rotatable bonds is 7. The minimum absolute atomic E-state index is 0.0206. The zero-order valence-electron chi connectivity index (χ0n) is 17.0. The molecular formula is C21H23FN2O6S. The molecule has 1 amide bonds. The zero-order valence-corrected chi connectivity index (χ0v) is 17.8. The highest BCUT2D eigenvalue weighted by Crippen LogP contribution is 2.21. The Morgan fingerprint density at radius 2 is 1.81 bits per heavy atom. The third kappa shape index (κ3) is 5.87. The predicted molar refractivity (Wildman–Crippen MR) is 109 cm³/mol. The molecular weight excluding hydrogens is 427 g/mol. The van der Waals surface area contributed by atoms with E-state index in [9.17, 15) is 22.4 Å². The van der Waals surface area contributed by atoms with Crippen molar-refractivity contribution in [3.8, 4) is 0 Å². The number of sulfonamides is 1. The van der Waals surface area contributed by atoms with Crippen LogP contribution in [0.3, 0.4) is 0 Å². The summed E-state index contributed by atoms with van der Waals surface area (Å²) in [4.78, 5) is 24.4. The summed E-state index contributed by atoms with van der Waals surface area (Å²) in [5.41, 5.74) is 1.29. The van der Waals surface area contributed by atoms with Gasteiger partial charge in [-0.25, -0.2) is 17.6 Å². The van der Waals surface area contributed by atoms with Crippen LogP contribution in [0.5, 0.6) is 0 Å². The van der Waals surface area contributed by atoms with Crippen molar-refractivity contribution < 1.29 is 31.9 Å². The van der Waals surface area contributed by atoms with Gasteiger partial charge in [-0.1, -0.05) is 18.2 Å². The Morgan fingerprint density at radius 1 is 1.13 bits per heavy atom. The number of carbonyl (C=O) groups is 2. The fraction of sp³-hybridized carbons (Fsp3) is 0.333. The van der Waals surface area contributed by atoms with Crippen LogP contribution in [0.15, 0.2) is 47.4 Å². The minimum atomic E-state index is -3.77. The number of carbonyl (C=O) groups excluding carboxylic acids is 2. The van der Waals surface area contributed by atoms with Gasteiger partial charge in [-0.05, 0) is 42.3 Å². The van der Waals surface area contributed by atoms with E-state index in [2.05, 4.69) is 5.32 Å². The summed E-state index contributed by atoms with van der Waals surface area (Å²) in [6.07, 6.45) is 0. The van der Waals surface area contributed by atoms with Crippen molar-refractivity contribution in [2.45, 2.75) is 18.4 Å². The summed E-state index contributed by atoms with van der Waals surface area (Å²) in [6, 6.07) is 9.85. The van der Waals surface area contributed by atoms with Crippen LogP contribution in [-0.4, -0.2) is 57.5 Å². The Bertz CT molecular complexity index is 1050. The summed E-state index contributed by atoms with van der Waals surface area (Å²) in [6.45, 7) is 2.38. The second-order valence-corrected chi connectivity index (χ2v) is 8.91. The van der Waals surface area contributed by atoms with Gasteiger partial charge in [-0.2, -0.15) is 4.31 Å². The molecule has 8 nitrogen and oxygen atoms in total. The number of nitrogens with zero attached hydrogens (tertiary/aromatic N) is 1. The number of esters is 1. The molecule has 1 aliphatic heterocycles. The van der Waals surface area contributed by atoms with E-state index in [-0.39, 0.29) is 35.9 Å². The molecule has 0 unspecified atom stereocenters. The first-order valence-electron chi connectivity index (χ1n) is 9.64. The minimum Gasteiger partial charge on any atom is -0.452 e. The highest BCUT2D eigenvalue weighted by Gasteiger charge is 2.27. The average molecular weight is 450 g/mol. The number of halogens is 1. The van der Waals surface area contributed by atoms with Gasteiger partial charge in [0.2, 0.25) is 10.0 Å². The number of hydrogen-bond donors (Lipinski definition) is 1. The molecule has 0 bridgehead atoms. The molecule has 3 rings (SSSR count). The van der Waals surface area contributed by atoms with Crippen LogP contribution < -0.4 is 5.32 Å². The molecule has 1 saturated heterocycles. The number of benzene rings is 2. The summed E-state index contributed by atoms with van der Waals surface area (Å²) in [5.74, 6) is -1.71. The fourth-order valence-electron chi connectivity index (χ4n) is 2.98. The van der Waals surface area contributed by atoms with Crippen molar-refractivity contribution in [2.24, 2.45) is 0 Å².